The van der Waals surface area contributed by atoms with Crippen LogP contribution in [0.15, 0.2) is 59.8 Å². The van der Waals surface area contributed by atoms with Gasteiger partial charge in [0.1, 0.15) is 17.6 Å². The molecule has 2 aliphatic rings. The predicted molar refractivity (Wildman–Crippen MR) is 115 cm³/mol. The van der Waals surface area contributed by atoms with Crippen molar-refractivity contribution < 1.29 is 13.9 Å². The van der Waals surface area contributed by atoms with Gasteiger partial charge in [0, 0.05) is 23.3 Å². The van der Waals surface area contributed by atoms with E-state index in [-0.39, 0.29) is 17.0 Å². The van der Waals surface area contributed by atoms with Crippen molar-refractivity contribution in [3.8, 4) is 17.1 Å². The van der Waals surface area contributed by atoms with Gasteiger partial charge in [-0.05, 0) is 53.8 Å². The topological polar surface area (TPSA) is 69.0 Å². The first-order chi connectivity index (χ1) is 14.8. The van der Waals surface area contributed by atoms with E-state index in [0.717, 1.165) is 17.0 Å². The Morgan fingerprint density at radius 1 is 1.16 bits per heavy atom. The molecule has 0 fully saturated rings. The zero-order chi connectivity index (χ0) is 21.8. The Morgan fingerprint density at radius 2 is 1.94 bits per heavy atom. The SMILES string of the molecule is COc1ccc(-c2nc3n(n2)C(c2cccc(F)c2)C2=C(CC(C)(C)CC2=O)N3)cc1. The number of hydrogen-bond donors (Lipinski definition) is 1. The molecule has 1 aromatic heterocycles. The van der Waals surface area contributed by atoms with Gasteiger partial charge in [-0.1, -0.05) is 26.0 Å². The van der Waals surface area contributed by atoms with Gasteiger partial charge in [0.2, 0.25) is 5.95 Å². The molecule has 1 N–H and O–H groups in total. The highest BCUT2D eigenvalue weighted by atomic mass is 19.1. The number of carbonyl (C=O) groups is 1. The third-order valence-corrected chi connectivity index (χ3v) is 5.84. The quantitative estimate of drug-likeness (QED) is 0.665. The highest BCUT2D eigenvalue weighted by Gasteiger charge is 2.42. The van der Waals surface area contributed by atoms with Gasteiger partial charge in [0.15, 0.2) is 11.6 Å². The maximum absolute atomic E-state index is 14.1. The molecule has 1 aliphatic heterocycles. The molecule has 7 heteroatoms. The number of allylic oxidation sites excluding steroid dienone is 2. The fourth-order valence-electron chi connectivity index (χ4n) is 4.46. The highest BCUT2D eigenvalue weighted by Crippen LogP contribution is 2.45. The van der Waals surface area contributed by atoms with Crippen LogP contribution in [0.1, 0.15) is 38.3 Å². The van der Waals surface area contributed by atoms with Crippen LogP contribution in [0, 0.1) is 11.2 Å². The number of methoxy groups -OCH3 is 1. The normalized spacial score (nSPS) is 19.5. The van der Waals surface area contributed by atoms with E-state index in [9.17, 15) is 9.18 Å². The van der Waals surface area contributed by atoms with E-state index in [1.54, 1.807) is 17.9 Å². The second-order valence-electron chi connectivity index (χ2n) is 8.85. The summed E-state index contributed by atoms with van der Waals surface area (Å²) in [5, 5.41) is 8.06. The van der Waals surface area contributed by atoms with Crippen LogP contribution in [-0.2, 0) is 4.79 Å². The molecule has 1 unspecified atom stereocenters. The molecular formula is C24H23FN4O2. The van der Waals surface area contributed by atoms with E-state index in [1.165, 1.54) is 12.1 Å². The summed E-state index contributed by atoms with van der Waals surface area (Å²) >= 11 is 0. The molecule has 0 spiro atoms. The second kappa shape index (κ2) is 7.04. The van der Waals surface area contributed by atoms with Crippen LogP contribution in [-0.4, -0.2) is 27.7 Å². The standard InChI is InChI=1S/C24H23FN4O2/c1-24(2)12-18-20(19(30)13-24)21(15-5-4-6-16(25)11-15)29-23(26-18)27-22(28-29)14-7-9-17(31-3)10-8-14/h4-11,21H,12-13H2,1-3H3,(H,26,27,28). The molecule has 0 saturated heterocycles. The fraction of sp³-hybridized carbons (Fsp3) is 0.292. The van der Waals surface area contributed by atoms with Crippen LogP contribution < -0.4 is 10.1 Å². The van der Waals surface area contributed by atoms with Gasteiger partial charge in [0.05, 0.1) is 7.11 Å². The first-order valence-corrected chi connectivity index (χ1v) is 10.2. The smallest absolute Gasteiger partial charge is 0.226 e. The summed E-state index contributed by atoms with van der Waals surface area (Å²) in [5.41, 5.74) is 2.83. The first-order valence-electron chi connectivity index (χ1n) is 10.2. The van der Waals surface area contributed by atoms with Crippen LogP contribution in [0.2, 0.25) is 0 Å². The van der Waals surface area contributed by atoms with E-state index in [1.807, 2.05) is 30.3 Å². The van der Waals surface area contributed by atoms with Crippen molar-refractivity contribution in [1.82, 2.24) is 14.8 Å². The number of nitrogens with zero attached hydrogens (tertiary/aromatic N) is 3. The summed E-state index contributed by atoms with van der Waals surface area (Å²) in [6, 6.07) is 13.3. The van der Waals surface area contributed by atoms with Gasteiger partial charge in [-0.2, -0.15) is 4.98 Å². The molecule has 1 aliphatic carbocycles. The molecule has 3 aromatic rings. The average molecular weight is 418 g/mol. The molecule has 31 heavy (non-hydrogen) atoms. The van der Waals surface area contributed by atoms with Crippen molar-refractivity contribution in [2.45, 2.75) is 32.7 Å². The molecule has 158 valence electrons. The van der Waals surface area contributed by atoms with E-state index in [4.69, 9.17) is 14.8 Å². The number of ketones is 1. The number of aromatic nitrogens is 3. The van der Waals surface area contributed by atoms with Crippen LogP contribution in [0.25, 0.3) is 11.4 Å². The summed E-state index contributed by atoms with van der Waals surface area (Å²) in [5.74, 6) is 1.52. The Balaban J connectivity index is 1.66. The summed E-state index contributed by atoms with van der Waals surface area (Å²) in [6.45, 7) is 4.16. The van der Waals surface area contributed by atoms with Crippen molar-refractivity contribution in [2.24, 2.45) is 5.41 Å². The highest BCUT2D eigenvalue weighted by molar-refractivity contribution is 6.00. The minimum absolute atomic E-state index is 0.0557. The van der Waals surface area contributed by atoms with Crippen LogP contribution in [0.5, 0.6) is 5.75 Å². The van der Waals surface area contributed by atoms with E-state index in [2.05, 4.69) is 19.2 Å². The zero-order valence-electron chi connectivity index (χ0n) is 17.6. The molecule has 0 bridgehead atoms. The van der Waals surface area contributed by atoms with Crippen molar-refractivity contribution in [3.63, 3.8) is 0 Å². The Bertz CT molecular complexity index is 1210. The third-order valence-electron chi connectivity index (χ3n) is 5.84. The minimum atomic E-state index is -0.523. The van der Waals surface area contributed by atoms with Crippen LogP contribution in [0.3, 0.4) is 0 Å². The number of halogens is 1. The summed E-state index contributed by atoms with van der Waals surface area (Å²) in [4.78, 5) is 17.9. The molecule has 1 atom stereocenters. The molecule has 2 aromatic carbocycles. The number of hydrogen-bond acceptors (Lipinski definition) is 5. The molecule has 2 heterocycles. The Hall–Kier alpha value is -3.48. The zero-order valence-corrected chi connectivity index (χ0v) is 17.6. The lowest BCUT2D eigenvalue weighted by Crippen LogP contribution is -2.36. The van der Waals surface area contributed by atoms with Gasteiger partial charge in [-0.3, -0.25) is 4.79 Å². The molecule has 0 radical (unpaired) electrons. The molecule has 0 saturated carbocycles. The first kappa shape index (κ1) is 19.5. The maximum Gasteiger partial charge on any atom is 0.226 e. The maximum atomic E-state index is 14.1. The van der Waals surface area contributed by atoms with Crippen molar-refractivity contribution in [1.29, 1.82) is 0 Å². The summed E-state index contributed by atoms with van der Waals surface area (Å²) < 4.78 is 21.0. The van der Waals surface area contributed by atoms with Gasteiger partial charge in [0.25, 0.3) is 0 Å². The number of nitrogens with one attached hydrogen (secondary N) is 1. The van der Waals surface area contributed by atoms with Gasteiger partial charge < -0.3 is 10.1 Å². The molecule has 5 rings (SSSR count). The van der Waals surface area contributed by atoms with Crippen molar-refractivity contribution in [2.75, 3.05) is 12.4 Å². The monoisotopic (exact) mass is 418 g/mol. The van der Waals surface area contributed by atoms with Gasteiger partial charge in [-0.15, -0.1) is 5.10 Å². The minimum Gasteiger partial charge on any atom is -0.497 e. The molecule has 0 amide bonds. The number of rotatable bonds is 3. The summed E-state index contributed by atoms with van der Waals surface area (Å²) in [6.07, 6.45) is 1.15. The lowest BCUT2D eigenvalue weighted by Gasteiger charge is -2.38. The lowest BCUT2D eigenvalue weighted by molar-refractivity contribution is -0.118. The van der Waals surface area contributed by atoms with Crippen LogP contribution in [0.4, 0.5) is 10.3 Å². The van der Waals surface area contributed by atoms with Crippen molar-refractivity contribution >= 4 is 11.7 Å². The number of fused-ring (bicyclic) bond motifs is 1. The predicted octanol–water partition coefficient (Wildman–Crippen LogP) is 4.75. The molecular weight excluding hydrogens is 395 g/mol. The lowest BCUT2D eigenvalue weighted by atomic mass is 9.73. The van der Waals surface area contributed by atoms with Crippen LogP contribution >= 0.6 is 0 Å². The van der Waals surface area contributed by atoms with Crippen molar-refractivity contribution in [3.05, 3.63) is 71.2 Å². The average Bonchev–Trinajstić information content (AvgIpc) is 3.15. The third kappa shape index (κ3) is 3.40. The second-order valence-corrected chi connectivity index (χ2v) is 8.85. The number of ether oxygens (including phenoxy) is 1. The van der Waals surface area contributed by atoms with Gasteiger partial charge in [-0.25, -0.2) is 9.07 Å². The molecule has 6 nitrogen and oxygen atoms in total. The summed E-state index contributed by atoms with van der Waals surface area (Å²) in [7, 11) is 1.62. The number of benzene rings is 2. The van der Waals surface area contributed by atoms with E-state index < -0.39 is 6.04 Å². The van der Waals surface area contributed by atoms with E-state index >= 15 is 0 Å². The largest absolute Gasteiger partial charge is 0.497 e. The number of Topliss-reactive ketones (excluding diaryl/α,β-unsaturated/α-hetero) is 1. The Morgan fingerprint density at radius 3 is 2.65 bits per heavy atom. The van der Waals surface area contributed by atoms with Gasteiger partial charge >= 0.3 is 0 Å². The fourth-order valence-corrected chi connectivity index (χ4v) is 4.46. The van der Waals surface area contributed by atoms with E-state index in [0.29, 0.717) is 35.8 Å². The Kier molecular flexibility index (Phi) is 4.43. The Labute approximate surface area is 179 Å². The number of carbonyl (C=O) groups excluding carboxylic acids is 1. The number of anilines is 1.